The van der Waals surface area contributed by atoms with Crippen molar-refractivity contribution in [3.05, 3.63) is 23.8 Å². The van der Waals surface area contributed by atoms with E-state index in [9.17, 15) is 19.2 Å². The Labute approximate surface area is 249 Å². The quantitative estimate of drug-likeness (QED) is 0.131. The maximum absolute atomic E-state index is 12.7. The molecule has 0 fully saturated rings. The standard InChI is InChI=1S/C31H49NO10/c1-10-13-19(4)37-29(35)41-25-16-15-23(18-26(25)42-30(36)38-20(5)14-11-2)17-24(32)27(33)39-21(6)22(7)40-28(34)31(8,9)12-3/h15-16,18-22,24H,10-14,17,32H2,1-9H3/t19-,20?,21?,22?,24-/m0/s1. The number of hydrogen-bond acceptors (Lipinski definition) is 11. The van der Waals surface area contributed by atoms with Crippen LogP contribution in [0.3, 0.4) is 0 Å². The molecule has 42 heavy (non-hydrogen) atoms. The molecule has 0 saturated carbocycles. The van der Waals surface area contributed by atoms with Crippen molar-refractivity contribution in [2.24, 2.45) is 11.1 Å². The molecule has 2 N–H and O–H groups in total. The van der Waals surface area contributed by atoms with Crippen molar-refractivity contribution in [3.8, 4) is 11.5 Å². The third-order valence-electron chi connectivity index (χ3n) is 6.83. The molecule has 11 heteroatoms. The third-order valence-corrected chi connectivity index (χ3v) is 6.83. The average Bonchev–Trinajstić information content (AvgIpc) is 2.89. The summed E-state index contributed by atoms with van der Waals surface area (Å²) in [7, 11) is 0. The van der Waals surface area contributed by atoms with Crippen LogP contribution < -0.4 is 15.2 Å². The lowest BCUT2D eigenvalue weighted by Gasteiger charge is -2.27. The Kier molecular flexibility index (Phi) is 15.4. The van der Waals surface area contributed by atoms with Crippen LogP contribution in [0.1, 0.15) is 100.0 Å². The summed E-state index contributed by atoms with van der Waals surface area (Å²) in [6, 6.07) is 3.33. The molecule has 1 rings (SSSR count). The van der Waals surface area contributed by atoms with Gasteiger partial charge < -0.3 is 34.2 Å². The van der Waals surface area contributed by atoms with Crippen molar-refractivity contribution < 1.29 is 47.6 Å². The van der Waals surface area contributed by atoms with E-state index in [4.69, 9.17) is 34.2 Å². The molecule has 1 aromatic carbocycles. The highest BCUT2D eigenvalue weighted by atomic mass is 16.7. The van der Waals surface area contributed by atoms with Gasteiger partial charge in [-0.3, -0.25) is 9.59 Å². The second-order valence-electron chi connectivity index (χ2n) is 11.2. The fourth-order valence-corrected chi connectivity index (χ4v) is 3.60. The maximum atomic E-state index is 12.7. The van der Waals surface area contributed by atoms with Crippen LogP contribution in [-0.4, -0.2) is 54.7 Å². The number of rotatable bonds is 16. The van der Waals surface area contributed by atoms with Crippen molar-refractivity contribution in [2.45, 2.75) is 131 Å². The molecule has 238 valence electrons. The fraction of sp³-hybridized carbons (Fsp3) is 0.677. The molecule has 0 spiro atoms. The van der Waals surface area contributed by atoms with Gasteiger partial charge in [0, 0.05) is 0 Å². The van der Waals surface area contributed by atoms with Gasteiger partial charge in [0.2, 0.25) is 0 Å². The molecule has 1 aromatic rings. The zero-order valence-electron chi connectivity index (χ0n) is 26.5. The predicted octanol–water partition coefficient (Wildman–Crippen LogP) is 6.26. The molecule has 5 atom stereocenters. The SMILES string of the molecule is CCCC(C)OC(=O)Oc1cc(C[C@H](N)C(=O)OC(C)C(C)OC(=O)C(C)(C)CC)ccc1OC(=O)O[C@@H](C)CCC. The van der Waals surface area contributed by atoms with Crippen molar-refractivity contribution in [1.29, 1.82) is 0 Å². The molecule has 0 heterocycles. The lowest BCUT2D eigenvalue weighted by Crippen LogP contribution is -2.40. The summed E-state index contributed by atoms with van der Waals surface area (Å²) in [5.74, 6) is -1.26. The first-order valence-electron chi connectivity index (χ1n) is 14.7. The van der Waals surface area contributed by atoms with Crippen LogP contribution in [0.15, 0.2) is 18.2 Å². The Morgan fingerprint density at radius 2 is 1.26 bits per heavy atom. The first-order chi connectivity index (χ1) is 19.6. The van der Waals surface area contributed by atoms with E-state index in [1.54, 1.807) is 47.6 Å². The number of ether oxygens (including phenoxy) is 6. The van der Waals surface area contributed by atoms with E-state index in [2.05, 4.69) is 0 Å². The second kappa shape index (κ2) is 17.6. The van der Waals surface area contributed by atoms with Crippen LogP contribution in [-0.2, 0) is 35.0 Å². The molecule has 0 aromatic heterocycles. The molecule has 0 aliphatic rings. The van der Waals surface area contributed by atoms with E-state index in [1.165, 1.54) is 12.1 Å². The Balaban J connectivity index is 3.00. The third kappa shape index (κ3) is 12.7. The van der Waals surface area contributed by atoms with Crippen LogP contribution >= 0.6 is 0 Å². The summed E-state index contributed by atoms with van der Waals surface area (Å²) >= 11 is 0. The molecular formula is C31H49NO10. The van der Waals surface area contributed by atoms with Gasteiger partial charge in [-0.15, -0.1) is 0 Å². The number of esters is 2. The van der Waals surface area contributed by atoms with Crippen LogP contribution in [0.2, 0.25) is 0 Å². The number of carbonyl (C=O) groups excluding carboxylic acids is 4. The summed E-state index contributed by atoms with van der Waals surface area (Å²) in [6.07, 6.45) is -0.546. The minimum Gasteiger partial charge on any atom is -0.458 e. The van der Waals surface area contributed by atoms with E-state index in [-0.39, 0.29) is 36.1 Å². The van der Waals surface area contributed by atoms with Crippen molar-refractivity contribution in [3.63, 3.8) is 0 Å². The molecule has 11 nitrogen and oxygen atoms in total. The highest BCUT2D eigenvalue weighted by Gasteiger charge is 2.31. The van der Waals surface area contributed by atoms with Crippen LogP contribution in [0.5, 0.6) is 11.5 Å². The average molecular weight is 596 g/mol. The number of nitrogens with two attached hydrogens (primary N) is 1. The number of benzene rings is 1. The number of carbonyl (C=O) groups is 4. The molecule has 0 bridgehead atoms. The van der Waals surface area contributed by atoms with Crippen molar-refractivity contribution in [1.82, 2.24) is 0 Å². The van der Waals surface area contributed by atoms with Gasteiger partial charge in [-0.2, -0.15) is 0 Å². The van der Waals surface area contributed by atoms with Gasteiger partial charge in [0.15, 0.2) is 11.5 Å². The zero-order chi connectivity index (χ0) is 32.0. The van der Waals surface area contributed by atoms with Crippen LogP contribution in [0.25, 0.3) is 0 Å². The van der Waals surface area contributed by atoms with Crippen molar-refractivity contribution >= 4 is 24.2 Å². The number of hydrogen-bond donors (Lipinski definition) is 1. The molecule has 0 aliphatic carbocycles. The monoisotopic (exact) mass is 595 g/mol. The summed E-state index contributed by atoms with van der Waals surface area (Å²) in [5, 5.41) is 0. The van der Waals surface area contributed by atoms with Crippen molar-refractivity contribution in [2.75, 3.05) is 0 Å². The lowest BCUT2D eigenvalue weighted by molar-refractivity contribution is -0.172. The van der Waals surface area contributed by atoms with E-state index < -0.39 is 41.9 Å². The minimum absolute atomic E-state index is 0.0124. The molecule has 0 radical (unpaired) electrons. The Bertz CT molecular complexity index is 1040. The van der Waals surface area contributed by atoms with Gasteiger partial charge in [-0.25, -0.2) is 9.59 Å². The molecule has 0 aliphatic heterocycles. The fourth-order valence-electron chi connectivity index (χ4n) is 3.60. The maximum Gasteiger partial charge on any atom is 0.514 e. The second-order valence-corrected chi connectivity index (χ2v) is 11.2. The van der Waals surface area contributed by atoms with Gasteiger partial charge in [-0.05, 0) is 84.9 Å². The van der Waals surface area contributed by atoms with E-state index >= 15 is 0 Å². The Morgan fingerprint density at radius 3 is 1.76 bits per heavy atom. The largest absolute Gasteiger partial charge is 0.514 e. The Hall–Kier alpha value is -3.34. The van der Waals surface area contributed by atoms with Crippen LogP contribution in [0.4, 0.5) is 9.59 Å². The molecule has 0 amide bonds. The Morgan fingerprint density at radius 1 is 0.762 bits per heavy atom. The normalized spacial score (nSPS) is 14.9. The summed E-state index contributed by atoms with van der Waals surface area (Å²) in [4.78, 5) is 49.9. The van der Waals surface area contributed by atoms with Gasteiger partial charge in [0.1, 0.15) is 30.5 Å². The summed E-state index contributed by atoms with van der Waals surface area (Å²) in [6.45, 7) is 16.1. The smallest absolute Gasteiger partial charge is 0.458 e. The minimum atomic E-state index is -1.08. The highest BCUT2D eigenvalue weighted by molar-refractivity contribution is 5.77. The molecule has 3 unspecified atom stereocenters. The first kappa shape index (κ1) is 36.7. The van der Waals surface area contributed by atoms with E-state index in [0.717, 1.165) is 12.8 Å². The van der Waals surface area contributed by atoms with Gasteiger partial charge in [0.05, 0.1) is 5.41 Å². The zero-order valence-corrected chi connectivity index (χ0v) is 26.5. The molecule has 0 saturated heterocycles. The van der Waals surface area contributed by atoms with Gasteiger partial charge >= 0.3 is 24.2 Å². The summed E-state index contributed by atoms with van der Waals surface area (Å²) < 4.78 is 32.1. The topological polar surface area (TPSA) is 150 Å². The molecular weight excluding hydrogens is 546 g/mol. The summed E-state index contributed by atoms with van der Waals surface area (Å²) in [5.41, 5.74) is 5.97. The highest BCUT2D eigenvalue weighted by Crippen LogP contribution is 2.30. The lowest BCUT2D eigenvalue weighted by atomic mass is 9.90. The first-order valence-corrected chi connectivity index (χ1v) is 14.7. The van der Waals surface area contributed by atoms with Gasteiger partial charge in [0.25, 0.3) is 0 Å². The van der Waals surface area contributed by atoms with Crippen LogP contribution in [0, 0.1) is 5.41 Å². The predicted molar refractivity (Wildman–Crippen MR) is 156 cm³/mol. The van der Waals surface area contributed by atoms with E-state index in [0.29, 0.717) is 24.8 Å². The van der Waals surface area contributed by atoms with E-state index in [1.807, 2.05) is 20.8 Å². The van der Waals surface area contributed by atoms with Gasteiger partial charge in [-0.1, -0.05) is 39.7 Å².